The van der Waals surface area contributed by atoms with Gasteiger partial charge in [-0.1, -0.05) is 12.1 Å². The van der Waals surface area contributed by atoms with Gasteiger partial charge in [0.25, 0.3) is 0 Å². The second-order valence-corrected chi connectivity index (χ2v) is 6.00. The van der Waals surface area contributed by atoms with Gasteiger partial charge >= 0.3 is 6.09 Å². The first-order chi connectivity index (χ1) is 9.81. The Morgan fingerprint density at radius 1 is 1.33 bits per heavy atom. The van der Waals surface area contributed by atoms with Gasteiger partial charge in [-0.25, -0.2) is 4.79 Å². The third-order valence-corrected chi connectivity index (χ3v) is 3.15. The molecule has 2 rings (SSSR count). The van der Waals surface area contributed by atoms with Crippen molar-refractivity contribution >= 4 is 23.3 Å². The van der Waals surface area contributed by atoms with Gasteiger partial charge in [0.1, 0.15) is 17.9 Å². The van der Waals surface area contributed by atoms with Gasteiger partial charge in [-0.2, -0.15) is 0 Å². The van der Waals surface area contributed by atoms with Crippen LogP contribution in [0.1, 0.15) is 32.4 Å². The highest BCUT2D eigenvalue weighted by molar-refractivity contribution is 5.82. The van der Waals surface area contributed by atoms with E-state index in [1.54, 1.807) is 27.8 Å². The van der Waals surface area contributed by atoms with Gasteiger partial charge in [0, 0.05) is 18.8 Å². The average molecular weight is 288 g/mol. The lowest BCUT2D eigenvalue weighted by Crippen LogP contribution is -2.37. The Hall–Kier alpha value is -2.30. The lowest BCUT2D eigenvalue weighted by molar-refractivity contribution is -0.112. The molecule has 0 aliphatic rings. The highest BCUT2D eigenvalue weighted by atomic mass is 16.6. The molecule has 112 valence electrons. The average Bonchev–Trinajstić information content (AvgIpc) is 2.84. The minimum atomic E-state index is -0.674. The largest absolute Gasteiger partial charge is 0.444 e. The first-order valence-corrected chi connectivity index (χ1v) is 6.80. The molecule has 2 aromatic rings. The van der Waals surface area contributed by atoms with Crippen LogP contribution in [0.5, 0.6) is 0 Å². The maximum atomic E-state index is 12.1. The van der Waals surface area contributed by atoms with Crippen molar-refractivity contribution in [2.24, 2.45) is 0 Å². The minimum Gasteiger partial charge on any atom is -0.444 e. The molecule has 1 aromatic carbocycles. The number of nitrogens with one attached hydrogen (secondary N) is 1. The number of carbonyl (C=O) groups excluding carboxylic acids is 2. The smallest absolute Gasteiger partial charge is 0.410 e. The van der Waals surface area contributed by atoms with Crippen molar-refractivity contribution in [3.63, 3.8) is 0 Å². The van der Waals surface area contributed by atoms with Crippen LogP contribution in [0.25, 0.3) is 10.9 Å². The molecular formula is C16H20N2O3. The number of amides is 1. The number of fused-ring (bicyclic) bond motifs is 1. The third-order valence-electron chi connectivity index (χ3n) is 3.15. The zero-order chi connectivity index (χ0) is 15.6. The molecule has 0 spiro atoms. The van der Waals surface area contributed by atoms with Gasteiger partial charge in [-0.3, -0.25) is 4.90 Å². The van der Waals surface area contributed by atoms with Crippen molar-refractivity contribution in [1.82, 2.24) is 9.88 Å². The van der Waals surface area contributed by atoms with E-state index in [0.717, 1.165) is 22.8 Å². The molecule has 0 saturated heterocycles. The zero-order valence-electron chi connectivity index (χ0n) is 12.7. The molecule has 0 radical (unpaired) electrons. The van der Waals surface area contributed by atoms with E-state index in [0.29, 0.717) is 0 Å². The van der Waals surface area contributed by atoms with Crippen molar-refractivity contribution in [3.05, 3.63) is 36.0 Å². The predicted octanol–water partition coefficient (Wildman–Crippen LogP) is 3.27. The summed E-state index contributed by atoms with van der Waals surface area (Å²) in [4.78, 5) is 27.9. The summed E-state index contributed by atoms with van der Waals surface area (Å²) in [6.45, 7) is 5.37. The fourth-order valence-corrected chi connectivity index (χ4v) is 2.09. The number of benzene rings is 1. The quantitative estimate of drug-likeness (QED) is 0.882. The van der Waals surface area contributed by atoms with E-state index in [9.17, 15) is 9.59 Å². The summed E-state index contributed by atoms with van der Waals surface area (Å²) in [7, 11) is 1.56. The molecule has 21 heavy (non-hydrogen) atoms. The number of likely N-dealkylation sites (N-methyl/N-ethyl adjacent to an activating group) is 1. The fourth-order valence-electron chi connectivity index (χ4n) is 2.09. The van der Waals surface area contributed by atoms with Crippen LogP contribution in [0, 0.1) is 0 Å². The Balaban J connectivity index is 2.25. The highest BCUT2D eigenvalue weighted by Gasteiger charge is 2.26. The highest BCUT2D eigenvalue weighted by Crippen LogP contribution is 2.23. The van der Waals surface area contributed by atoms with Crippen LogP contribution in [0.2, 0.25) is 0 Å². The predicted molar refractivity (Wildman–Crippen MR) is 81.1 cm³/mol. The molecule has 5 heteroatoms. The lowest BCUT2D eigenvalue weighted by atomic mass is 10.1. The molecular weight excluding hydrogens is 268 g/mol. The Labute approximate surface area is 123 Å². The maximum Gasteiger partial charge on any atom is 0.410 e. The summed E-state index contributed by atoms with van der Waals surface area (Å²) in [5.41, 5.74) is 1.08. The second kappa shape index (κ2) is 5.60. The normalized spacial score (nSPS) is 13.0. The number of nitrogens with zero attached hydrogens (tertiary/aromatic N) is 1. The Morgan fingerprint density at radius 2 is 2.05 bits per heavy atom. The zero-order valence-corrected chi connectivity index (χ0v) is 12.7. The van der Waals surface area contributed by atoms with E-state index in [4.69, 9.17) is 4.74 Å². The molecule has 0 aliphatic carbocycles. The number of carbonyl (C=O) groups is 2. The summed E-state index contributed by atoms with van der Waals surface area (Å²) < 4.78 is 5.30. The van der Waals surface area contributed by atoms with Crippen molar-refractivity contribution in [3.8, 4) is 0 Å². The second-order valence-electron chi connectivity index (χ2n) is 6.00. The van der Waals surface area contributed by atoms with Crippen LogP contribution in [0.3, 0.4) is 0 Å². The number of aldehydes is 1. The summed E-state index contributed by atoms with van der Waals surface area (Å²) in [5, 5.41) is 1.06. The first-order valence-electron chi connectivity index (χ1n) is 6.80. The summed E-state index contributed by atoms with van der Waals surface area (Å²) in [6.07, 6.45) is 2.06. The molecule has 0 saturated carbocycles. The molecule has 0 bridgehead atoms. The Morgan fingerprint density at radius 3 is 2.67 bits per heavy atom. The van der Waals surface area contributed by atoms with Crippen LogP contribution in [0.4, 0.5) is 4.79 Å². The standard InChI is InChI=1S/C16H20N2O3/c1-16(2,3)21-15(20)18(4)14(10-19)12-6-5-11-7-8-17-13(11)9-12/h5-10,14,17H,1-4H3. The molecule has 1 N–H and O–H groups in total. The van der Waals surface area contributed by atoms with Crippen molar-refractivity contribution < 1.29 is 14.3 Å². The molecule has 1 heterocycles. The third kappa shape index (κ3) is 3.42. The minimum absolute atomic E-state index is 0.522. The van der Waals surface area contributed by atoms with Crippen molar-refractivity contribution in [2.75, 3.05) is 7.05 Å². The van der Waals surface area contributed by atoms with Gasteiger partial charge < -0.3 is 14.5 Å². The van der Waals surface area contributed by atoms with E-state index < -0.39 is 17.7 Å². The number of H-pyrrole nitrogens is 1. The molecule has 5 nitrogen and oxygen atoms in total. The van der Waals surface area contributed by atoms with E-state index in [1.165, 1.54) is 4.90 Å². The van der Waals surface area contributed by atoms with Crippen LogP contribution in [-0.2, 0) is 9.53 Å². The molecule has 1 unspecified atom stereocenters. The monoisotopic (exact) mass is 288 g/mol. The molecule has 1 aromatic heterocycles. The number of hydrogen-bond acceptors (Lipinski definition) is 3. The van der Waals surface area contributed by atoms with E-state index in [2.05, 4.69) is 4.98 Å². The van der Waals surface area contributed by atoms with E-state index in [-0.39, 0.29) is 0 Å². The number of aromatic nitrogens is 1. The Bertz CT molecular complexity index is 655. The fraction of sp³-hybridized carbons (Fsp3) is 0.375. The SMILES string of the molecule is CN(C(=O)OC(C)(C)C)C(C=O)c1ccc2cc[nH]c2c1. The van der Waals surface area contributed by atoms with Gasteiger partial charge in [-0.15, -0.1) is 0 Å². The molecule has 0 fully saturated rings. The number of rotatable bonds is 3. The summed E-state index contributed by atoms with van der Waals surface area (Å²) >= 11 is 0. The number of aromatic amines is 1. The van der Waals surface area contributed by atoms with Crippen molar-refractivity contribution in [1.29, 1.82) is 0 Å². The van der Waals surface area contributed by atoms with Gasteiger partial charge in [-0.05, 0) is 43.9 Å². The van der Waals surface area contributed by atoms with E-state index in [1.807, 2.05) is 30.5 Å². The van der Waals surface area contributed by atoms with Crippen molar-refractivity contribution in [2.45, 2.75) is 32.4 Å². The Kier molecular flexibility index (Phi) is 4.02. The number of hydrogen-bond donors (Lipinski definition) is 1. The first kappa shape index (κ1) is 15.1. The van der Waals surface area contributed by atoms with Gasteiger partial charge in [0.05, 0.1) is 0 Å². The lowest BCUT2D eigenvalue weighted by Gasteiger charge is -2.28. The van der Waals surface area contributed by atoms with Gasteiger partial charge in [0.15, 0.2) is 0 Å². The topological polar surface area (TPSA) is 62.4 Å². The van der Waals surface area contributed by atoms with E-state index >= 15 is 0 Å². The van der Waals surface area contributed by atoms with Gasteiger partial charge in [0.2, 0.25) is 0 Å². The summed E-state index contributed by atoms with van der Waals surface area (Å²) in [5.74, 6) is 0. The number of ether oxygens (including phenoxy) is 1. The molecule has 1 amide bonds. The van der Waals surface area contributed by atoms with Crippen LogP contribution < -0.4 is 0 Å². The van der Waals surface area contributed by atoms with Crippen LogP contribution in [0.15, 0.2) is 30.5 Å². The van der Waals surface area contributed by atoms with Crippen LogP contribution >= 0.6 is 0 Å². The molecule has 1 atom stereocenters. The maximum absolute atomic E-state index is 12.1. The molecule has 0 aliphatic heterocycles. The van der Waals surface area contributed by atoms with Crippen LogP contribution in [-0.4, -0.2) is 34.9 Å². The summed E-state index contributed by atoms with van der Waals surface area (Å²) in [6, 6.07) is 6.91.